The molecular weight excluding hydrogens is 294 g/mol. The molecule has 0 saturated carbocycles. The van der Waals surface area contributed by atoms with Gasteiger partial charge in [0.1, 0.15) is 0 Å². The number of ether oxygens (including phenoxy) is 1. The standard InChI is InChI=1S/C18H21NO4/c1-4-6-12-23-16(20)13(3)18(22)14-9-7-8-10-15(14)19(11-5-2)17(18)21/h5,7-10,22H,2-4,6,11-12H2,1H3. The van der Waals surface area contributed by atoms with Crippen molar-refractivity contribution in [3.8, 4) is 0 Å². The van der Waals surface area contributed by atoms with E-state index in [2.05, 4.69) is 13.2 Å². The van der Waals surface area contributed by atoms with Gasteiger partial charge in [0, 0.05) is 12.1 Å². The molecule has 1 aromatic rings. The molecule has 0 aromatic heterocycles. The van der Waals surface area contributed by atoms with Gasteiger partial charge >= 0.3 is 5.97 Å². The van der Waals surface area contributed by atoms with Crippen LogP contribution in [0.15, 0.2) is 49.1 Å². The number of carbonyl (C=O) groups excluding carboxylic acids is 2. The maximum Gasteiger partial charge on any atom is 0.337 e. The van der Waals surface area contributed by atoms with Crippen molar-refractivity contribution < 1.29 is 19.4 Å². The van der Waals surface area contributed by atoms with E-state index in [9.17, 15) is 14.7 Å². The second kappa shape index (κ2) is 6.79. The van der Waals surface area contributed by atoms with E-state index in [1.807, 2.05) is 6.92 Å². The van der Waals surface area contributed by atoms with Crippen LogP contribution >= 0.6 is 0 Å². The van der Waals surface area contributed by atoms with Crippen molar-refractivity contribution in [2.45, 2.75) is 25.4 Å². The third-order valence-electron chi connectivity index (χ3n) is 3.87. The van der Waals surface area contributed by atoms with E-state index in [0.717, 1.165) is 6.42 Å². The minimum absolute atomic E-state index is 0.232. The van der Waals surface area contributed by atoms with Crippen molar-refractivity contribution in [1.82, 2.24) is 0 Å². The Bertz CT molecular complexity index is 652. The van der Waals surface area contributed by atoms with E-state index in [0.29, 0.717) is 17.7 Å². The zero-order valence-electron chi connectivity index (χ0n) is 13.2. The molecule has 1 amide bonds. The predicted molar refractivity (Wildman–Crippen MR) is 87.9 cm³/mol. The molecule has 1 aliphatic heterocycles. The number of nitrogens with zero attached hydrogens (tertiary/aromatic N) is 1. The molecule has 0 saturated heterocycles. The van der Waals surface area contributed by atoms with Crippen molar-refractivity contribution in [3.63, 3.8) is 0 Å². The highest BCUT2D eigenvalue weighted by Gasteiger charge is 2.53. The molecule has 0 aliphatic carbocycles. The highest BCUT2D eigenvalue weighted by Crippen LogP contribution is 2.44. The van der Waals surface area contributed by atoms with Crippen LogP contribution < -0.4 is 4.90 Å². The van der Waals surface area contributed by atoms with Crippen LogP contribution in [0.25, 0.3) is 0 Å². The molecule has 0 fully saturated rings. The zero-order valence-corrected chi connectivity index (χ0v) is 13.2. The van der Waals surface area contributed by atoms with Gasteiger partial charge < -0.3 is 14.7 Å². The summed E-state index contributed by atoms with van der Waals surface area (Å²) in [5.74, 6) is -1.37. The number of unbranched alkanes of at least 4 members (excludes halogenated alkanes) is 1. The van der Waals surface area contributed by atoms with Gasteiger partial charge in [-0.1, -0.05) is 44.2 Å². The van der Waals surface area contributed by atoms with Crippen molar-refractivity contribution in [2.75, 3.05) is 18.1 Å². The van der Waals surface area contributed by atoms with Crippen LogP contribution in [0, 0.1) is 0 Å². The fraction of sp³-hybridized carbons (Fsp3) is 0.333. The van der Waals surface area contributed by atoms with Gasteiger partial charge in [-0.2, -0.15) is 0 Å². The predicted octanol–water partition coefficient (Wildman–Crippen LogP) is 2.31. The van der Waals surface area contributed by atoms with E-state index in [1.54, 1.807) is 30.3 Å². The number of fused-ring (bicyclic) bond motifs is 1. The van der Waals surface area contributed by atoms with Crippen LogP contribution in [0.5, 0.6) is 0 Å². The summed E-state index contributed by atoms with van der Waals surface area (Å²) in [5.41, 5.74) is -1.48. The summed E-state index contributed by atoms with van der Waals surface area (Å²) in [6.45, 7) is 9.69. The Labute approximate surface area is 135 Å². The van der Waals surface area contributed by atoms with Crippen LogP contribution in [0.3, 0.4) is 0 Å². The number of aliphatic hydroxyl groups is 1. The lowest BCUT2D eigenvalue weighted by molar-refractivity contribution is -0.146. The number of hydrogen-bond donors (Lipinski definition) is 1. The molecule has 5 nitrogen and oxygen atoms in total. The van der Waals surface area contributed by atoms with Gasteiger partial charge in [0.05, 0.1) is 17.9 Å². The quantitative estimate of drug-likeness (QED) is 0.363. The lowest BCUT2D eigenvalue weighted by atomic mass is 9.88. The zero-order chi connectivity index (χ0) is 17.0. The Morgan fingerprint density at radius 2 is 2.13 bits per heavy atom. The first kappa shape index (κ1) is 17.0. The van der Waals surface area contributed by atoms with E-state index >= 15 is 0 Å². The second-order valence-electron chi connectivity index (χ2n) is 5.40. The van der Waals surface area contributed by atoms with Gasteiger partial charge in [-0.15, -0.1) is 6.58 Å². The molecular formula is C18H21NO4. The molecule has 1 heterocycles. The molecule has 23 heavy (non-hydrogen) atoms. The van der Waals surface area contributed by atoms with Crippen LogP contribution in [-0.2, 0) is 19.9 Å². The summed E-state index contributed by atoms with van der Waals surface area (Å²) in [7, 11) is 0. The first-order valence-electron chi connectivity index (χ1n) is 7.59. The van der Waals surface area contributed by atoms with Gasteiger partial charge in [0.2, 0.25) is 5.60 Å². The van der Waals surface area contributed by atoms with Crippen molar-refractivity contribution in [2.24, 2.45) is 0 Å². The number of amides is 1. The summed E-state index contributed by atoms with van der Waals surface area (Å²) in [5, 5.41) is 11.0. The van der Waals surface area contributed by atoms with Crippen LogP contribution in [0.2, 0.25) is 0 Å². The lowest BCUT2D eigenvalue weighted by Crippen LogP contribution is -2.43. The van der Waals surface area contributed by atoms with E-state index in [4.69, 9.17) is 4.74 Å². The van der Waals surface area contributed by atoms with Gasteiger partial charge in [-0.25, -0.2) is 4.79 Å². The SMILES string of the molecule is C=CCN1C(=O)C(O)(C(=C)C(=O)OCCCC)c2ccccc21. The van der Waals surface area contributed by atoms with Gasteiger partial charge in [-0.05, 0) is 12.5 Å². The second-order valence-corrected chi connectivity index (χ2v) is 5.40. The third-order valence-corrected chi connectivity index (χ3v) is 3.87. The first-order valence-corrected chi connectivity index (χ1v) is 7.59. The minimum atomic E-state index is -2.09. The number of carbonyl (C=O) groups is 2. The Hall–Kier alpha value is -2.40. The third kappa shape index (κ3) is 2.80. The average Bonchev–Trinajstić information content (AvgIpc) is 2.78. The largest absolute Gasteiger partial charge is 0.462 e. The fourth-order valence-corrected chi connectivity index (χ4v) is 2.58. The molecule has 1 unspecified atom stereocenters. The normalized spacial score (nSPS) is 19.4. The number of para-hydroxylation sites is 1. The average molecular weight is 315 g/mol. The van der Waals surface area contributed by atoms with Crippen LogP contribution in [0.4, 0.5) is 5.69 Å². The molecule has 0 radical (unpaired) electrons. The maximum atomic E-state index is 12.7. The van der Waals surface area contributed by atoms with E-state index in [1.165, 1.54) is 4.90 Å². The maximum absolute atomic E-state index is 12.7. The molecule has 5 heteroatoms. The first-order chi connectivity index (χ1) is 11.0. The molecule has 1 aliphatic rings. The van der Waals surface area contributed by atoms with Crippen LogP contribution in [0.1, 0.15) is 25.3 Å². The molecule has 1 atom stereocenters. The van der Waals surface area contributed by atoms with Gasteiger partial charge in [-0.3, -0.25) is 4.79 Å². The summed E-state index contributed by atoms with van der Waals surface area (Å²) in [6, 6.07) is 6.78. The highest BCUT2D eigenvalue weighted by atomic mass is 16.5. The Kier molecular flexibility index (Phi) is 5.01. The monoisotopic (exact) mass is 315 g/mol. The smallest absolute Gasteiger partial charge is 0.337 e. The summed E-state index contributed by atoms with van der Waals surface area (Å²) in [4.78, 5) is 26.2. The molecule has 122 valence electrons. The lowest BCUT2D eigenvalue weighted by Gasteiger charge is -2.23. The Morgan fingerprint density at radius 3 is 2.78 bits per heavy atom. The topological polar surface area (TPSA) is 66.8 Å². The number of anilines is 1. The fourth-order valence-electron chi connectivity index (χ4n) is 2.58. The van der Waals surface area contributed by atoms with Crippen LogP contribution in [-0.4, -0.2) is 30.1 Å². The Balaban J connectivity index is 2.36. The minimum Gasteiger partial charge on any atom is -0.462 e. The number of benzene rings is 1. The van der Waals surface area contributed by atoms with Crippen molar-refractivity contribution in [1.29, 1.82) is 0 Å². The number of rotatable bonds is 7. The van der Waals surface area contributed by atoms with Crippen molar-refractivity contribution in [3.05, 3.63) is 54.6 Å². The summed E-state index contributed by atoms with van der Waals surface area (Å²) >= 11 is 0. The summed E-state index contributed by atoms with van der Waals surface area (Å²) in [6.07, 6.45) is 3.15. The number of hydrogen-bond acceptors (Lipinski definition) is 4. The number of esters is 1. The molecule has 0 bridgehead atoms. The molecule has 2 rings (SSSR count). The van der Waals surface area contributed by atoms with Gasteiger partial charge in [0.25, 0.3) is 5.91 Å². The molecule has 1 N–H and O–H groups in total. The summed E-state index contributed by atoms with van der Waals surface area (Å²) < 4.78 is 5.09. The van der Waals surface area contributed by atoms with Gasteiger partial charge in [0.15, 0.2) is 0 Å². The Morgan fingerprint density at radius 1 is 1.43 bits per heavy atom. The van der Waals surface area contributed by atoms with E-state index < -0.39 is 17.5 Å². The molecule has 1 aromatic carbocycles. The highest BCUT2D eigenvalue weighted by molar-refractivity contribution is 6.13. The molecule has 0 spiro atoms. The van der Waals surface area contributed by atoms with E-state index in [-0.39, 0.29) is 18.7 Å². The van der Waals surface area contributed by atoms with Crippen molar-refractivity contribution >= 4 is 17.6 Å².